The Balaban J connectivity index is 2.34. The first kappa shape index (κ1) is 19.1. The van der Waals surface area contributed by atoms with Gasteiger partial charge < -0.3 is 4.90 Å². The van der Waals surface area contributed by atoms with Gasteiger partial charge in [0, 0.05) is 18.5 Å². The second-order valence-electron chi connectivity index (χ2n) is 6.39. The second-order valence-corrected chi connectivity index (χ2v) is 6.83. The number of aromatic nitrogens is 2. The number of hydrogen-bond donors (Lipinski definition) is 0. The molecule has 1 heterocycles. The summed E-state index contributed by atoms with van der Waals surface area (Å²) in [7, 11) is 1.75. The van der Waals surface area contributed by atoms with Crippen molar-refractivity contribution in [3.05, 3.63) is 69.7 Å². The molecule has 3 rings (SSSR count). The lowest BCUT2D eigenvalue weighted by molar-refractivity contribution is -0.132. The van der Waals surface area contributed by atoms with Crippen molar-refractivity contribution >= 4 is 28.4 Å². The third kappa shape index (κ3) is 3.60. The van der Waals surface area contributed by atoms with E-state index in [9.17, 15) is 9.59 Å². The summed E-state index contributed by atoms with van der Waals surface area (Å²) >= 11 is 6.17. The molecule has 0 spiro atoms. The summed E-state index contributed by atoms with van der Waals surface area (Å²) in [6.45, 7) is 3.80. The molecule has 0 saturated heterocycles. The summed E-state index contributed by atoms with van der Waals surface area (Å²) in [6.07, 6.45) is 1.02. The highest BCUT2D eigenvalue weighted by Gasteiger charge is 2.25. The largest absolute Gasteiger partial charge is 0.336 e. The molecule has 0 bridgehead atoms. The zero-order valence-corrected chi connectivity index (χ0v) is 16.4. The van der Waals surface area contributed by atoms with Crippen LogP contribution in [-0.2, 0) is 4.79 Å². The normalized spacial score (nSPS) is 12.1. The van der Waals surface area contributed by atoms with Crippen LogP contribution in [0.25, 0.3) is 16.6 Å². The topological polar surface area (TPSA) is 55.2 Å². The lowest BCUT2D eigenvalue weighted by Gasteiger charge is -2.29. The Morgan fingerprint density at radius 2 is 1.93 bits per heavy atom. The van der Waals surface area contributed by atoms with Gasteiger partial charge in [0.2, 0.25) is 5.91 Å². The molecule has 0 aliphatic carbocycles. The molecule has 27 heavy (non-hydrogen) atoms. The van der Waals surface area contributed by atoms with Crippen LogP contribution in [0, 0.1) is 0 Å². The van der Waals surface area contributed by atoms with Crippen molar-refractivity contribution in [2.24, 2.45) is 0 Å². The molecule has 1 amide bonds. The predicted molar refractivity (Wildman–Crippen MR) is 108 cm³/mol. The van der Waals surface area contributed by atoms with Gasteiger partial charge in [-0.1, -0.05) is 43.6 Å². The lowest BCUT2D eigenvalue weighted by Crippen LogP contribution is -2.35. The minimum atomic E-state index is -0.325. The van der Waals surface area contributed by atoms with Crippen LogP contribution in [-0.4, -0.2) is 27.4 Å². The van der Waals surface area contributed by atoms with Gasteiger partial charge in [-0.3, -0.25) is 14.2 Å². The van der Waals surface area contributed by atoms with Crippen molar-refractivity contribution in [2.75, 3.05) is 7.05 Å². The molecule has 0 aliphatic heterocycles. The first-order valence-corrected chi connectivity index (χ1v) is 9.39. The molecule has 0 N–H and O–H groups in total. The summed E-state index contributed by atoms with van der Waals surface area (Å²) in [5.74, 6) is 0.537. The summed E-state index contributed by atoms with van der Waals surface area (Å²) < 4.78 is 1.57. The summed E-state index contributed by atoms with van der Waals surface area (Å²) in [5, 5.41) is 1.06. The Labute approximate surface area is 163 Å². The summed E-state index contributed by atoms with van der Waals surface area (Å²) in [6, 6.07) is 14.0. The van der Waals surface area contributed by atoms with Crippen LogP contribution in [0.5, 0.6) is 0 Å². The van der Waals surface area contributed by atoms with Gasteiger partial charge in [-0.2, -0.15) is 0 Å². The maximum Gasteiger partial charge on any atom is 0.266 e. The standard InChI is InChI=1S/C21H22ClN3O2/c1-4-18(24(3)19(26)5-2)20-23-17-12-7-6-11-16(17)21(27)25(20)15-10-8-9-14(22)13-15/h6-13,18H,4-5H2,1-3H3. The Hall–Kier alpha value is -2.66. The Bertz CT molecular complexity index is 1050. The third-order valence-corrected chi connectivity index (χ3v) is 4.95. The van der Waals surface area contributed by atoms with Crippen LogP contribution in [0.1, 0.15) is 38.6 Å². The van der Waals surface area contributed by atoms with Crippen molar-refractivity contribution in [2.45, 2.75) is 32.7 Å². The summed E-state index contributed by atoms with van der Waals surface area (Å²) in [5.41, 5.74) is 1.08. The monoisotopic (exact) mass is 383 g/mol. The van der Waals surface area contributed by atoms with Crippen molar-refractivity contribution in [1.82, 2.24) is 14.5 Å². The third-order valence-electron chi connectivity index (χ3n) is 4.72. The number of carbonyl (C=O) groups excluding carboxylic acids is 1. The minimum absolute atomic E-state index is 0.00176. The number of benzene rings is 2. The van der Waals surface area contributed by atoms with Gasteiger partial charge in [0.1, 0.15) is 5.82 Å². The van der Waals surface area contributed by atoms with Crippen molar-refractivity contribution in [1.29, 1.82) is 0 Å². The smallest absolute Gasteiger partial charge is 0.266 e. The van der Waals surface area contributed by atoms with Gasteiger partial charge in [-0.25, -0.2) is 4.98 Å². The molecule has 0 saturated carbocycles. The van der Waals surface area contributed by atoms with E-state index in [0.717, 1.165) is 0 Å². The van der Waals surface area contributed by atoms with Crippen LogP contribution in [0.3, 0.4) is 0 Å². The number of carbonyl (C=O) groups is 1. The molecule has 1 unspecified atom stereocenters. The highest BCUT2D eigenvalue weighted by molar-refractivity contribution is 6.30. The fourth-order valence-electron chi connectivity index (χ4n) is 3.29. The number of nitrogens with zero attached hydrogens (tertiary/aromatic N) is 3. The van der Waals surface area contributed by atoms with Crippen LogP contribution in [0.15, 0.2) is 53.3 Å². The number of hydrogen-bond acceptors (Lipinski definition) is 3. The SMILES string of the molecule is CCC(=O)N(C)C(CC)c1nc2ccccc2c(=O)n1-c1cccc(Cl)c1. The molecule has 5 nitrogen and oxygen atoms in total. The molecule has 0 fully saturated rings. The number of fused-ring (bicyclic) bond motifs is 1. The first-order chi connectivity index (χ1) is 13.0. The molecule has 3 aromatic rings. The van der Waals surface area contributed by atoms with E-state index in [-0.39, 0.29) is 17.5 Å². The zero-order chi connectivity index (χ0) is 19.6. The Morgan fingerprint density at radius 3 is 2.59 bits per heavy atom. The first-order valence-electron chi connectivity index (χ1n) is 9.01. The van der Waals surface area contributed by atoms with Crippen LogP contribution in [0.4, 0.5) is 0 Å². The van der Waals surface area contributed by atoms with E-state index in [0.29, 0.717) is 40.3 Å². The van der Waals surface area contributed by atoms with Gasteiger partial charge in [-0.15, -0.1) is 0 Å². The van der Waals surface area contributed by atoms with Gasteiger partial charge in [0.05, 0.1) is 22.6 Å². The van der Waals surface area contributed by atoms with Crippen molar-refractivity contribution in [3.63, 3.8) is 0 Å². The van der Waals surface area contributed by atoms with Crippen LogP contribution >= 0.6 is 11.6 Å². The number of amides is 1. The number of halogens is 1. The highest BCUT2D eigenvalue weighted by Crippen LogP contribution is 2.26. The van der Waals surface area contributed by atoms with E-state index in [2.05, 4.69) is 0 Å². The van der Waals surface area contributed by atoms with E-state index in [1.807, 2.05) is 38.1 Å². The van der Waals surface area contributed by atoms with Crippen LogP contribution in [0.2, 0.25) is 5.02 Å². The average Bonchev–Trinajstić information content (AvgIpc) is 2.68. The highest BCUT2D eigenvalue weighted by atomic mass is 35.5. The van der Waals surface area contributed by atoms with Gasteiger partial charge in [0.25, 0.3) is 5.56 Å². The lowest BCUT2D eigenvalue weighted by atomic mass is 10.1. The number of para-hydroxylation sites is 1. The van der Waals surface area contributed by atoms with Crippen LogP contribution < -0.4 is 5.56 Å². The van der Waals surface area contributed by atoms with E-state index < -0.39 is 0 Å². The van der Waals surface area contributed by atoms with E-state index in [1.165, 1.54) is 0 Å². The zero-order valence-electron chi connectivity index (χ0n) is 15.6. The molecule has 2 aromatic carbocycles. The second kappa shape index (κ2) is 7.92. The molecule has 140 valence electrons. The fraction of sp³-hybridized carbons (Fsp3) is 0.286. The predicted octanol–water partition coefficient (Wildman–Crippen LogP) is 4.36. The number of rotatable bonds is 5. The molecule has 1 aromatic heterocycles. The van der Waals surface area contributed by atoms with Crippen molar-refractivity contribution < 1.29 is 4.79 Å². The summed E-state index contributed by atoms with van der Waals surface area (Å²) in [4.78, 5) is 32.1. The maximum atomic E-state index is 13.3. The quantitative estimate of drug-likeness (QED) is 0.657. The maximum absolute atomic E-state index is 13.3. The van der Waals surface area contributed by atoms with Gasteiger partial charge in [-0.05, 0) is 36.8 Å². The Kier molecular flexibility index (Phi) is 5.61. The molecular weight excluding hydrogens is 362 g/mol. The molecule has 6 heteroatoms. The molecule has 0 aliphatic rings. The van der Waals surface area contributed by atoms with Crippen molar-refractivity contribution in [3.8, 4) is 5.69 Å². The van der Waals surface area contributed by atoms with Gasteiger partial charge >= 0.3 is 0 Å². The van der Waals surface area contributed by atoms with E-state index in [4.69, 9.17) is 16.6 Å². The van der Waals surface area contributed by atoms with E-state index in [1.54, 1.807) is 40.8 Å². The average molecular weight is 384 g/mol. The van der Waals surface area contributed by atoms with E-state index >= 15 is 0 Å². The van der Waals surface area contributed by atoms with Gasteiger partial charge in [0.15, 0.2) is 0 Å². The molecule has 1 atom stereocenters. The minimum Gasteiger partial charge on any atom is -0.336 e. The molecular formula is C21H22ClN3O2. The fourth-order valence-corrected chi connectivity index (χ4v) is 3.48. The Morgan fingerprint density at radius 1 is 1.19 bits per heavy atom. The molecule has 0 radical (unpaired) electrons.